The van der Waals surface area contributed by atoms with Crippen molar-refractivity contribution in [3.8, 4) is 11.1 Å². The molecule has 18 heavy (non-hydrogen) atoms. The summed E-state index contributed by atoms with van der Waals surface area (Å²) in [7, 11) is 3.47. The van der Waals surface area contributed by atoms with Gasteiger partial charge >= 0.3 is 0 Å². The summed E-state index contributed by atoms with van der Waals surface area (Å²) in [6, 6.07) is 5.68. The Morgan fingerprint density at radius 2 is 2.11 bits per heavy atom. The molecule has 0 aliphatic rings. The molecule has 1 aromatic carbocycles. The lowest BCUT2D eigenvalue weighted by molar-refractivity contribution is 0.628. The third-order valence-electron chi connectivity index (χ3n) is 2.47. The Morgan fingerprint density at radius 3 is 2.67 bits per heavy atom. The number of benzene rings is 1. The summed E-state index contributed by atoms with van der Waals surface area (Å²) in [4.78, 5) is 20.2. The Bertz CT molecular complexity index is 636. The maximum atomic E-state index is 13.1. The van der Waals surface area contributed by atoms with Crippen molar-refractivity contribution in [1.29, 1.82) is 0 Å². The molecular weight excluding hydrogens is 235 g/mol. The number of nitrogens with one attached hydrogen (secondary N) is 1. The molecule has 0 aliphatic carbocycles. The van der Waals surface area contributed by atoms with Crippen LogP contribution >= 0.6 is 0 Å². The van der Waals surface area contributed by atoms with Crippen LogP contribution in [0.25, 0.3) is 11.1 Å². The topological polar surface area (TPSA) is 75.0 Å². The number of halogens is 1. The number of anilines is 2. The molecule has 0 saturated carbocycles. The molecule has 6 heteroatoms. The summed E-state index contributed by atoms with van der Waals surface area (Å²) in [5, 5.41) is 0. The summed E-state index contributed by atoms with van der Waals surface area (Å²) in [5.41, 5.74) is 5.96. The van der Waals surface area contributed by atoms with Crippen molar-refractivity contribution in [1.82, 2.24) is 9.97 Å². The number of rotatable bonds is 2. The van der Waals surface area contributed by atoms with Crippen molar-refractivity contribution in [2.45, 2.75) is 0 Å². The molecule has 2 aromatic rings. The number of hydrogen-bond donors (Lipinski definition) is 2. The van der Waals surface area contributed by atoms with Gasteiger partial charge in [-0.2, -0.15) is 4.98 Å². The van der Waals surface area contributed by atoms with Crippen LogP contribution in [0.3, 0.4) is 0 Å². The lowest BCUT2D eigenvalue weighted by Gasteiger charge is -2.12. The van der Waals surface area contributed by atoms with Gasteiger partial charge in [-0.3, -0.25) is 9.78 Å². The van der Waals surface area contributed by atoms with E-state index in [1.54, 1.807) is 25.1 Å². The molecule has 5 nitrogen and oxygen atoms in total. The second-order valence-electron chi connectivity index (χ2n) is 4.05. The van der Waals surface area contributed by atoms with E-state index in [0.717, 1.165) is 0 Å². The SMILES string of the molecule is CN(C)c1nc(N)c(-c2cccc(F)c2)c(=O)[nH]1. The maximum Gasteiger partial charge on any atom is 0.262 e. The maximum absolute atomic E-state index is 13.1. The smallest absolute Gasteiger partial charge is 0.262 e. The number of H-pyrrole nitrogens is 1. The number of aromatic nitrogens is 2. The van der Waals surface area contributed by atoms with Gasteiger partial charge in [0.15, 0.2) is 0 Å². The number of aromatic amines is 1. The average Bonchev–Trinajstić information content (AvgIpc) is 2.27. The summed E-state index contributed by atoms with van der Waals surface area (Å²) >= 11 is 0. The first-order chi connectivity index (χ1) is 8.49. The molecule has 94 valence electrons. The second-order valence-corrected chi connectivity index (χ2v) is 4.05. The summed E-state index contributed by atoms with van der Waals surface area (Å²) in [6.45, 7) is 0. The van der Waals surface area contributed by atoms with Crippen molar-refractivity contribution < 1.29 is 4.39 Å². The van der Waals surface area contributed by atoms with Crippen LogP contribution in [0.15, 0.2) is 29.1 Å². The highest BCUT2D eigenvalue weighted by molar-refractivity contribution is 5.73. The fourth-order valence-electron chi connectivity index (χ4n) is 1.61. The minimum atomic E-state index is -0.428. The summed E-state index contributed by atoms with van der Waals surface area (Å²) < 4.78 is 13.1. The van der Waals surface area contributed by atoms with E-state index >= 15 is 0 Å². The van der Waals surface area contributed by atoms with E-state index in [2.05, 4.69) is 9.97 Å². The van der Waals surface area contributed by atoms with E-state index < -0.39 is 11.4 Å². The zero-order chi connectivity index (χ0) is 13.3. The van der Waals surface area contributed by atoms with Crippen molar-refractivity contribution in [3.05, 3.63) is 40.4 Å². The largest absolute Gasteiger partial charge is 0.383 e. The highest BCUT2D eigenvalue weighted by atomic mass is 19.1. The van der Waals surface area contributed by atoms with Crippen molar-refractivity contribution in [2.75, 3.05) is 24.7 Å². The van der Waals surface area contributed by atoms with Crippen LogP contribution in [0, 0.1) is 5.82 Å². The molecule has 0 bridgehead atoms. The molecule has 0 unspecified atom stereocenters. The van der Waals surface area contributed by atoms with Crippen LogP contribution < -0.4 is 16.2 Å². The van der Waals surface area contributed by atoms with Crippen LogP contribution in [0.1, 0.15) is 0 Å². The zero-order valence-electron chi connectivity index (χ0n) is 10.1. The first kappa shape index (κ1) is 12.1. The molecule has 1 heterocycles. The van der Waals surface area contributed by atoms with E-state index in [1.165, 1.54) is 18.2 Å². The van der Waals surface area contributed by atoms with Crippen LogP contribution in [0.5, 0.6) is 0 Å². The predicted molar refractivity (Wildman–Crippen MR) is 69.0 cm³/mol. The zero-order valence-corrected chi connectivity index (χ0v) is 10.1. The molecule has 2 rings (SSSR count). The van der Waals surface area contributed by atoms with Crippen LogP contribution in [-0.4, -0.2) is 24.1 Å². The van der Waals surface area contributed by atoms with Gasteiger partial charge in [-0.05, 0) is 17.7 Å². The molecule has 0 aliphatic heterocycles. The highest BCUT2D eigenvalue weighted by Crippen LogP contribution is 2.21. The molecule has 0 amide bonds. The summed E-state index contributed by atoms with van der Waals surface area (Å²) in [5.74, 6) is 0.00805. The van der Waals surface area contributed by atoms with Crippen LogP contribution in [0.2, 0.25) is 0 Å². The van der Waals surface area contributed by atoms with Gasteiger partial charge in [-0.25, -0.2) is 4.39 Å². The van der Waals surface area contributed by atoms with E-state index in [-0.39, 0.29) is 11.4 Å². The van der Waals surface area contributed by atoms with Crippen molar-refractivity contribution in [2.24, 2.45) is 0 Å². The van der Waals surface area contributed by atoms with Gasteiger partial charge in [0.2, 0.25) is 5.95 Å². The number of hydrogen-bond acceptors (Lipinski definition) is 4. The Labute approximate surface area is 103 Å². The first-order valence-electron chi connectivity index (χ1n) is 5.32. The van der Waals surface area contributed by atoms with E-state index in [1.807, 2.05) is 0 Å². The summed E-state index contributed by atoms with van der Waals surface area (Å²) in [6.07, 6.45) is 0. The lowest BCUT2D eigenvalue weighted by atomic mass is 10.1. The first-order valence-corrected chi connectivity index (χ1v) is 5.32. The van der Waals surface area contributed by atoms with Gasteiger partial charge in [-0.15, -0.1) is 0 Å². The Morgan fingerprint density at radius 1 is 1.39 bits per heavy atom. The predicted octanol–water partition coefficient (Wildman–Crippen LogP) is 1.22. The van der Waals surface area contributed by atoms with E-state index in [4.69, 9.17) is 5.73 Å². The number of nitrogens with zero attached hydrogens (tertiary/aromatic N) is 2. The third-order valence-corrected chi connectivity index (χ3v) is 2.47. The van der Waals surface area contributed by atoms with Crippen LogP contribution in [-0.2, 0) is 0 Å². The molecule has 0 radical (unpaired) electrons. The van der Waals surface area contributed by atoms with E-state index in [0.29, 0.717) is 11.5 Å². The quantitative estimate of drug-likeness (QED) is 0.838. The molecule has 0 fully saturated rings. The van der Waals surface area contributed by atoms with Crippen molar-refractivity contribution >= 4 is 11.8 Å². The van der Waals surface area contributed by atoms with Crippen molar-refractivity contribution in [3.63, 3.8) is 0 Å². The van der Waals surface area contributed by atoms with Gasteiger partial charge in [0.1, 0.15) is 11.6 Å². The fraction of sp³-hybridized carbons (Fsp3) is 0.167. The lowest BCUT2D eigenvalue weighted by Crippen LogP contribution is -2.21. The minimum absolute atomic E-state index is 0.0769. The Balaban J connectivity index is 2.63. The van der Waals surface area contributed by atoms with Gasteiger partial charge < -0.3 is 10.6 Å². The molecule has 0 atom stereocenters. The van der Waals surface area contributed by atoms with Crippen LogP contribution in [0.4, 0.5) is 16.2 Å². The molecular formula is C12H13FN4O. The van der Waals surface area contributed by atoms with Gasteiger partial charge in [0, 0.05) is 14.1 Å². The monoisotopic (exact) mass is 248 g/mol. The molecule has 0 saturated heterocycles. The molecule has 0 spiro atoms. The Hall–Kier alpha value is -2.37. The number of nitrogens with two attached hydrogens (primary N) is 1. The van der Waals surface area contributed by atoms with Gasteiger partial charge in [0.05, 0.1) is 5.56 Å². The minimum Gasteiger partial charge on any atom is -0.383 e. The van der Waals surface area contributed by atoms with E-state index in [9.17, 15) is 9.18 Å². The standard InChI is InChI=1S/C12H13FN4O/c1-17(2)12-15-10(14)9(11(18)16-12)7-4-3-5-8(13)6-7/h3-6H,1-2H3,(H3,14,15,16,18). The normalized spacial score (nSPS) is 10.4. The highest BCUT2D eigenvalue weighted by Gasteiger charge is 2.12. The third kappa shape index (κ3) is 2.17. The second kappa shape index (κ2) is 4.48. The average molecular weight is 248 g/mol. The number of nitrogen functional groups attached to an aromatic ring is 1. The van der Waals surface area contributed by atoms with Gasteiger partial charge in [0.25, 0.3) is 5.56 Å². The molecule has 1 aromatic heterocycles. The Kier molecular flexibility index (Phi) is 3.01. The molecule has 3 N–H and O–H groups in total. The van der Waals surface area contributed by atoms with Gasteiger partial charge in [-0.1, -0.05) is 12.1 Å². The fourth-order valence-corrected chi connectivity index (χ4v) is 1.61.